The summed E-state index contributed by atoms with van der Waals surface area (Å²) in [6.45, 7) is 5.18. The average molecular weight is 143 g/mol. The van der Waals surface area contributed by atoms with E-state index in [0.717, 1.165) is 12.3 Å². The fourth-order valence-corrected chi connectivity index (χ4v) is 1.08. The molecule has 0 N–H and O–H groups in total. The summed E-state index contributed by atoms with van der Waals surface area (Å²) in [7, 11) is 0. The number of rotatable bonds is 6. The molecule has 10 heavy (non-hydrogen) atoms. The third kappa shape index (κ3) is 8.00. The minimum atomic E-state index is 0.615. The molecule has 0 spiro atoms. The SMILES string of the molecule is [2H]CCCCCCCC(C)C. The first-order valence-corrected chi connectivity index (χ1v) is 4.56. The van der Waals surface area contributed by atoms with E-state index < -0.39 is 0 Å². The van der Waals surface area contributed by atoms with Crippen molar-refractivity contribution in [3.8, 4) is 0 Å². The van der Waals surface area contributed by atoms with Gasteiger partial charge in [0.1, 0.15) is 0 Å². The third-order valence-electron chi connectivity index (χ3n) is 1.78. The zero-order valence-corrected chi connectivity index (χ0v) is 7.53. The van der Waals surface area contributed by atoms with Gasteiger partial charge in [-0.05, 0) is 5.92 Å². The second kappa shape index (κ2) is 7.11. The van der Waals surface area contributed by atoms with Crippen LogP contribution in [0.5, 0.6) is 0 Å². The smallest absolute Gasteiger partial charge is 0.0230 e. The van der Waals surface area contributed by atoms with Crippen LogP contribution in [0.15, 0.2) is 0 Å². The van der Waals surface area contributed by atoms with E-state index in [4.69, 9.17) is 1.37 Å². The summed E-state index contributed by atoms with van der Waals surface area (Å²) < 4.78 is 6.95. The first-order valence-electron chi connectivity index (χ1n) is 5.27. The summed E-state index contributed by atoms with van der Waals surface area (Å²) in [5.74, 6) is 0.867. The Morgan fingerprint density at radius 3 is 2.40 bits per heavy atom. The molecule has 0 aromatic rings. The van der Waals surface area contributed by atoms with Gasteiger partial charge in [0.25, 0.3) is 0 Å². The van der Waals surface area contributed by atoms with Gasteiger partial charge in [0, 0.05) is 1.37 Å². The highest BCUT2D eigenvalue weighted by Crippen LogP contribution is 2.09. The Morgan fingerprint density at radius 1 is 1.10 bits per heavy atom. The second-order valence-electron chi connectivity index (χ2n) is 3.45. The lowest BCUT2D eigenvalue weighted by molar-refractivity contribution is 0.518. The Hall–Kier alpha value is 0. The minimum absolute atomic E-state index is 0.615. The lowest BCUT2D eigenvalue weighted by Crippen LogP contribution is -1.86. The van der Waals surface area contributed by atoms with E-state index in [1.165, 1.54) is 32.1 Å². The van der Waals surface area contributed by atoms with E-state index >= 15 is 0 Å². The molecule has 0 aromatic carbocycles. The van der Waals surface area contributed by atoms with Crippen LogP contribution in [0.1, 0.15) is 60.6 Å². The second-order valence-corrected chi connectivity index (χ2v) is 3.45. The monoisotopic (exact) mass is 143 g/mol. The zero-order chi connectivity index (χ0) is 8.53. The molecule has 62 valence electrons. The maximum atomic E-state index is 6.95. The topological polar surface area (TPSA) is 0 Å². The summed E-state index contributed by atoms with van der Waals surface area (Å²) in [4.78, 5) is 0. The van der Waals surface area contributed by atoms with Crippen molar-refractivity contribution in [3.05, 3.63) is 0 Å². The largest absolute Gasteiger partial charge is 0.0654 e. The van der Waals surface area contributed by atoms with Crippen LogP contribution in [0.4, 0.5) is 0 Å². The van der Waals surface area contributed by atoms with Gasteiger partial charge in [0.2, 0.25) is 0 Å². The molecule has 0 unspecified atom stereocenters. The maximum Gasteiger partial charge on any atom is 0.0230 e. The summed E-state index contributed by atoms with van der Waals surface area (Å²) in [6, 6.07) is 0. The predicted molar refractivity (Wildman–Crippen MR) is 48.2 cm³/mol. The molecule has 0 saturated heterocycles. The normalized spacial score (nSPS) is 12.1. The van der Waals surface area contributed by atoms with Crippen molar-refractivity contribution >= 4 is 0 Å². The van der Waals surface area contributed by atoms with Crippen LogP contribution in [0.25, 0.3) is 0 Å². The van der Waals surface area contributed by atoms with Gasteiger partial charge < -0.3 is 0 Å². The molecule has 0 fully saturated rings. The van der Waals surface area contributed by atoms with Crippen LogP contribution in [0, 0.1) is 5.92 Å². The standard InChI is InChI=1S/C10H22/c1-4-5-6-7-8-9-10(2)3/h10H,4-9H2,1-3H3/i1D. The highest BCUT2D eigenvalue weighted by atomic mass is 14.0. The molecular formula is C10H22. The van der Waals surface area contributed by atoms with Crippen LogP contribution < -0.4 is 0 Å². The van der Waals surface area contributed by atoms with Crippen LogP contribution in [-0.2, 0) is 0 Å². The van der Waals surface area contributed by atoms with Crippen molar-refractivity contribution in [3.63, 3.8) is 0 Å². The molecule has 0 atom stereocenters. The van der Waals surface area contributed by atoms with Gasteiger partial charge in [-0.25, -0.2) is 0 Å². The lowest BCUT2D eigenvalue weighted by Gasteiger charge is -2.02. The molecule has 0 heteroatoms. The molecule has 0 rings (SSSR count). The van der Waals surface area contributed by atoms with Crippen molar-refractivity contribution in [2.45, 2.75) is 59.3 Å². The number of hydrogen-bond acceptors (Lipinski definition) is 0. The highest BCUT2D eigenvalue weighted by Gasteiger charge is 1.92. The Labute approximate surface area is 67.4 Å². The molecule has 0 aliphatic heterocycles. The van der Waals surface area contributed by atoms with Crippen molar-refractivity contribution in [2.75, 3.05) is 0 Å². The molecule has 0 saturated carbocycles. The van der Waals surface area contributed by atoms with Gasteiger partial charge in [-0.15, -0.1) is 0 Å². The van der Waals surface area contributed by atoms with Gasteiger partial charge >= 0.3 is 0 Å². The fourth-order valence-electron chi connectivity index (χ4n) is 1.08. The van der Waals surface area contributed by atoms with Gasteiger partial charge in [-0.1, -0.05) is 59.3 Å². The molecular weight excluding hydrogens is 120 g/mol. The fraction of sp³-hybridized carbons (Fsp3) is 1.00. The average Bonchev–Trinajstić information content (AvgIpc) is 1.96. The first-order chi connectivity index (χ1) is 5.27. The Morgan fingerprint density at radius 2 is 1.80 bits per heavy atom. The molecule has 0 aliphatic carbocycles. The molecule has 0 heterocycles. The van der Waals surface area contributed by atoms with E-state index in [2.05, 4.69) is 13.8 Å². The molecule has 0 radical (unpaired) electrons. The van der Waals surface area contributed by atoms with E-state index in [-0.39, 0.29) is 0 Å². The maximum absolute atomic E-state index is 6.95. The van der Waals surface area contributed by atoms with Gasteiger partial charge in [-0.3, -0.25) is 0 Å². The third-order valence-corrected chi connectivity index (χ3v) is 1.78. The molecule has 0 aromatic heterocycles. The quantitative estimate of drug-likeness (QED) is 0.493. The first kappa shape index (κ1) is 8.10. The number of hydrogen-bond donors (Lipinski definition) is 0. The Kier molecular flexibility index (Phi) is 5.76. The number of unbranched alkanes of at least 4 members (excludes halogenated alkanes) is 4. The van der Waals surface area contributed by atoms with Crippen molar-refractivity contribution < 1.29 is 1.37 Å². The summed E-state index contributed by atoms with van der Waals surface area (Å²) in [6.07, 6.45) is 7.84. The van der Waals surface area contributed by atoms with E-state index in [0.29, 0.717) is 6.90 Å². The van der Waals surface area contributed by atoms with Gasteiger partial charge in [0.15, 0.2) is 0 Å². The van der Waals surface area contributed by atoms with Gasteiger partial charge in [-0.2, -0.15) is 0 Å². The van der Waals surface area contributed by atoms with E-state index in [1.807, 2.05) is 0 Å². The van der Waals surface area contributed by atoms with Crippen LogP contribution in [0.2, 0.25) is 0 Å². The molecule has 0 bridgehead atoms. The summed E-state index contributed by atoms with van der Waals surface area (Å²) in [5.41, 5.74) is 0. The predicted octanol–water partition coefficient (Wildman–Crippen LogP) is 4.00. The Balaban J connectivity index is 2.80. The van der Waals surface area contributed by atoms with E-state index in [9.17, 15) is 0 Å². The van der Waals surface area contributed by atoms with Crippen LogP contribution >= 0.6 is 0 Å². The minimum Gasteiger partial charge on any atom is -0.0654 e. The summed E-state index contributed by atoms with van der Waals surface area (Å²) >= 11 is 0. The molecule has 0 aliphatic rings. The lowest BCUT2D eigenvalue weighted by atomic mass is 10.0. The highest BCUT2D eigenvalue weighted by molar-refractivity contribution is 4.46. The van der Waals surface area contributed by atoms with Crippen LogP contribution in [0.3, 0.4) is 0 Å². The van der Waals surface area contributed by atoms with Crippen molar-refractivity contribution in [1.29, 1.82) is 0 Å². The zero-order valence-electron chi connectivity index (χ0n) is 8.53. The Bertz CT molecular complexity index is 69.3. The summed E-state index contributed by atoms with van der Waals surface area (Å²) in [5, 5.41) is 0. The van der Waals surface area contributed by atoms with E-state index in [1.54, 1.807) is 0 Å². The molecule has 0 amide bonds. The van der Waals surface area contributed by atoms with Crippen LogP contribution in [-0.4, -0.2) is 0 Å². The van der Waals surface area contributed by atoms with Crippen molar-refractivity contribution in [2.24, 2.45) is 5.92 Å². The molecule has 0 nitrogen and oxygen atoms in total. The van der Waals surface area contributed by atoms with Crippen molar-refractivity contribution in [1.82, 2.24) is 0 Å². The van der Waals surface area contributed by atoms with Gasteiger partial charge in [0.05, 0.1) is 0 Å².